The number of hydrogen-bond donors (Lipinski definition) is 1. The number of benzene rings is 1. The summed E-state index contributed by atoms with van der Waals surface area (Å²) in [6.45, 7) is 5.06. The molecule has 0 saturated carbocycles. The third kappa shape index (κ3) is 6.26. The molecule has 28 heavy (non-hydrogen) atoms. The van der Waals surface area contributed by atoms with Gasteiger partial charge in [-0.3, -0.25) is 4.98 Å². The lowest BCUT2D eigenvalue weighted by Crippen LogP contribution is -2.41. The van der Waals surface area contributed by atoms with Gasteiger partial charge in [0.15, 0.2) is 0 Å². The van der Waals surface area contributed by atoms with Gasteiger partial charge in [0.1, 0.15) is 0 Å². The molecule has 156 valence electrons. The molecule has 2 aromatic rings. The minimum atomic E-state index is -3.60. The molecule has 0 amide bonds. The molecule has 6 heteroatoms. The van der Waals surface area contributed by atoms with Crippen LogP contribution in [-0.2, 0) is 10.0 Å². The number of sulfonamides is 1. The van der Waals surface area contributed by atoms with E-state index in [9.17, 15) is 8.42 Å². The van der Waals surface area contributed by atoms with Gasteiger partial charge in [0.2, 0.25) is 10.0 Å². The van der Waals surface area contributed by atoms with E-state index in [1.165, 1.54) is 32.1 Å². The third-order valence-corrected chi connectivity index (χ3v) is 7.02. The number of aromatic nitrogens is 1. The van der Waals surface area contributed by atoms with Crippen molar-refractivity contribution in [3.05, 3.63) is 36.7 Å². The Morgan fingerprint density at radius 2 is 1.79 bits per heavy atom. The quantitative estimate of drug-likeness (QED) is 0.490. The summed E-state index contributed by atoms with van der Waals surface area (Å²) in [4.78, 5) is 4.44. The maximum absolute atomic E-state index is 13.4. The molecule has 0 radical (unpaired) electrons. The summed E-state index contributed by atoms with van der Waals surface area (Å²) in [5.74, 6) is 0. The lowest BCUT2D eigenvalue weighted by Gasteiger charge is -2.25. The first-order valence-electron chi connectivity index (χ1n) is 10.6. The largest absolute Gasteiger partial charge is 0.327 e. The van der Waals surface area contributed by atoms with Gasteiger partial charge in [-0.05, 0) is 25.0 Å². The highest BCUT2D eigenvalue weighted by Crippen LogP contribution is 2.25. The molecule has 0 aliphatic rings. The average Bonchev–Trinajstić information content (AvgIpc) is 2.69. The topological polar surface area (TPSA) is 76.3 Å². The van der Waals surface area contributed by atoms with Crippen LogP contribution in [0.25, 0.3) is 10.8 Å². The SMILES string of the molecule is CCCCCCCCC(N)CN(CCC)S(=O)(=O)c1cccc2cnccc12. The summed E-state index contributed by atoms with van der Waals surface area (Å²) in [6, 6.07) is 6.97. The van der Waals surface area contributed by atoms with E-state index in [4.69, 9.17) is 5.73 Å². The standard InChI is InChI=1S/C22H35N3O2S/c1-3-5-6-7-8-9-12-20(23)18-25(16-4-2)28(26,27)22-13-10-11-19-17-24-15-14-21(19)22/h10-11,13-15,17,20H,3-9,12,16,18,23H2,1-2H3. The van der Waals surface area contributed by atoms with Crippen LogP contribution in [0.2, 0.25) is 0 Å². The van der Waals surface area contributed by atoms with Gasteiger partial charge in [-0.1, -0.05) is 64.5 Å². The number of rotatable bonds is 13. The zero-order valence-corrected chi connectivity index (χ0v) is 18.1. The van der Waals surface area contributed by atoms with Crippen molar-refractivity contribution < 1.29 is 8.42 Å². The van der Waals surface area contributed by atoms with Gasteiger partial charge in [0, 0.05) is 42.3 Å². The Morgan fingerprint density at radius 3 is 2.54 bits per heavy atom. The molecule has 0 fully saturated rings. The molecular formula is C22H35N3O2S. The van der Waals surface area contributed by atoms with Crippen molar-refractivity contribution in [1.29, 1.82) is 0 Å². The van der Waals surface area contributed by atoms with Crippen LogP contribution in [0.15, 0.2) is 41.6 Å². The molecule has 1 unspecified atom stereocenters. The van der Waals surface area contributed by atoms with Crippen molar-refractivity contribution in [2.75, 3.05) is 13.1 Å². The van der Waals surface area contributed by atoms with Gasteiger partial charge >= 0.3 is 0 Å². The van der Waals surface area contributed by atoms with Crippen molar-refractivity contribution in [2.24, 2.45) is 5.73 Å². The summed E-state index contributed by atoms with van der Waals surface area (Å²) in [5.41, 5.74) is 6.32. The molecule has 1 aromatic heterocycles. The van der Waals surface area contributed by atoms with Gasteiger partial charge in [0.25, 0.3) is 0 Å². The molecule has 1 aromatic carbocycles. The molecular weight excluding hydrogens is 370 g/mol. The van der Waals surface area contributed by atoms with Crippen molar-refractivity contribution in [1.82, 2.24) is 9.29 Å². The van der Waals surface area contributed by atoms with Gasteiger partial charge in [-0.25, -0.2) is 8.42 Å². The zero-order chi connectivity index (χ0) is 20.4. The average molecular weight is 406 g/mol. The van der Waals surface area contributed by atoms with E-state index < -0.39 is 10.0 Å². The maximum Gasteiger partial charge on any atom is 0.243 e. The second-order valence-corrected chi connectivity index (χ2v) is 9.44. The van der Waals surface area contributed by atoms with Crippen molar-refractivity contribution >= 4 is 20.8 Å². The summed E-state index contributed by atoms with van der Waals surface area (Å²) in [6.07, 6.45) is 12.2. The summed E-state index contributed by atoms with van der Waals surface area (Å²) < 4.78 is 28.3. The number of hydrogen-bond acceptors (Lipinski definition) is 4. The minimum Gasteiger partial charge on any atom is -0.327 e. The highest BCUT2D eigenvalue weighted by molar-refractivity contribution is 7.89. The van der Waals surface area contributed by atoms with Crippen LogP contribution < -0.4 is 5.73 Å². The number of pyridine rings is 1. The lowest BCUT2D eigenvalue weighted by molar-refractivity contribution is 0.369. The number of fused-ring (bicyclic) bond motifs is 1. The molecule has 0 saturated heterocycles. The fraction of sp³-hybridized carbons (Fsp3) is 0.591. The first-order valence-corrected chi connectivity index (χ1v) is 12.0. The van der Waals surface area contributed by atoms with Crippen LogP contribution >= 0.6 is 0 Å². The maximum atomic E-state index is 13.4. The molecule has 2 rings (SSSR count). The Morgan fingerprint density at radius 1 is 1.04 bits per heavy atom. The smallest absolute Gasteiger partial charge is 0.243 e. The van der Waals surface area contributed by atoms with Gasteiger partial charge < -0.3 is 5.73 Å². The fourth-order valence-corrected chi connectivity index (χ4v) is 5.36. The van der Waals surface area contributed by atoms with E-state index in [1.807, 2.05) is 13.0 Å². The van der Waals surface area contributed by atoms with Crippen LogP contribution in [0, 0.1) is 0 Å². The molecule has 1 atom stereocenters. The summed E-state index contributed by atoms with van der Waals surface area (Å²) in [5, 5.41) is 1.54. The minimum absolute atomic E-state index is 0.135. The number of unbranched alkanes of at least 4 members (excludes halogenated alkanes) is 5. The van der Waals surface area contributed by atoms with Crippen LogP contribution in [-0.4, -0.2) is 36.8 Å². The fourth-order valence-electron chi connectivity index (χ4n) is 3.56. The van der Waals surface area contributed by atoms with Gasteiger partial charge in [-0.15, -0.1) is 0 Å². The van der Waals surface area contributed by atoms with E-state index in [-0.39, 0.29) is 6.04 Å². The van der Waals surface area contributed by atoms with Crippen molar-refractivity contribution in [3.8, 4) is 0 Å². The normalized spacial score (nSPS) is 13.3. The highest BCUT2D eigenvalue weighted by atomic mass is 32.2. The molecule has 0 spiro atoms. The van der Waals surface area contributed by atoms with E-state index in [0.717, 1.165) is 24.6 Å². The van der Waals surface area contributed by atoms with Crippen LogP contribution in [0.4, 0.5) is 0 Å². The van der Waals surface area contributed by atoms with Crippen LogP contribution in [0.5, 0.6) is 0 Å². The lowest BCUT2D eigenvalue weighted by atomic mass is 10.1. The summed E-state index contributed by atoms with van der Waals surface area (Å²) >= 11 is 0. The predicted octanol–water partition coefficient (Wildman–Crippen LogP) is 4.71. The summed E-state index contributed by atoms with van der Waals surface area (Å²) in [7, 11) is -3.60. The Labute approximate surface area is 170 Å². The molecule has 0 aliphatic carbocycles. The zero-order valence-electron chi connectivity index (χ0n) is 17.3. The highest BCUT2D eigenvalue weighted by Gasteiger charge is 2.27. The Kier molecular flexibility index (Phi) is 9.35. The second kappa shape index (κ2) is 11.5. The molecule has 0 bridgehead atoms. The second-order valence-electron chi connectivity index (χ2n) is 7.53. The number of nitrogens with zero attached hydrogens (tertiary/aromatic N) is 2. The van der Waals surface area contributed by atoms with E-state index in [0.29, 0.717) is 23.4 Å². The monoisotopic (exact) mass is 405 g/mol. The Balaban J connectivity index is 2.07. The molecule has 1 heterocycles. The van der Waals surface area contributed by atoms with E-state index in [2.05, 4.69) is 11.9 Å². The Bertz CT molecular complexity index is 818. The first-order chi connectivity index (χ1) is 13.5. The van der Waals surface area contributed by atoms with Gasteiger partial charge in [-0.2, -0.15) is 4.31 Å². The van der Waals surface area contributed by atoms with Crippen molar-refractivity contribution in [2.45, 2.75) is 76.2 Å². The van der Waals surface area contributed by atoms with Crippen LogP contribution in [0.1, 0.15) is 65.2 Å². The van der Waals surface area contributed by atoms with Crippen molar-refractivity contribution in [3.63, 3.8) is 0 Å². The van der Waals surface area contributed by atoms with Crippen LogP contribution in [0.3, 0.4) is 0 Å². The Hall–Kier alpha value is -1.50. The molecule has 0 aliphatic heterocycles. The van der Waals surface area contributed by atoms with E-state index >= 15 is 0 Å². The third-order valence-electron chi connectivity index (χ3n) is 5.10. The van der Waals surface area contributed by atoms with Gasteiger partial charge in [0.05, 0.1) is 4.90 Å². The van der Waals surface area contributed by atoms with E-state index in [1.54, 1.807) is 34.9 Å². The molecule has 2 N–H and O–H groups in total. The predicted molar refractivity (Wildman–Crippen MR) is 117 cm³/mol. The molecule has 5 nitrogen and oxygen atoms in total. The first kappa shape index (κ1) is 22.8. The number of nitrogens with two attached hydrogens (primary N) is 1.